The molecule has 0 aliphatic rings. The summed E-state index contributed by atoms with van der Waals surface area (Å²) in [5, 5.41) is 5.63. The Morgan fingerprint density at radius 1 is 0.880 bits per heavy atom. The largest absolute Gasteiger partial charge is 0.378 e. The van der Waals surface area contributed by atoms with Crippen molar-refractivity contribution in [3.05, 3.63) is 65.7 Å². The molecule has 2 aromatic carbocycles. The average molecular weight is 339 g/mol. The Labute approximate surface area is 149 Å². The lowest BCUT2D eigenvalue weighted by Crippen LogP contribution is -2.34. The van der Waals surface area contributed by atoms with Crippen LogP contribution in [0.15, 0.2) is 54.6 Å². The van der Waals surface area contributed by atoms with Gasteiger partial charge in [-0.3, -0.25) is 9.59 Å². The summed E-state index contributed by atoms with van der Waals surface area (Å²) in [5.74, 6) is -0.141. The number of anilines is 1. The van der Waals surface area contributed by atoms with E-state index in [2.05, 4.69) is 10.6 Å². The van der Waals surface area contributed by atoms with Crippen LogP contribution in [0.4, 0.5) is 5.69 Å². The highest BCUT2D eigenvalue weighted by Gasteiger charge is 2.06. The van der Waals surface area contributed by atoms with E-state index in [1.807, 2.05) is 61.5 Å². The van der Waals surface area contributed by atoms with Crippen LogP contribution in [0.3, 0.4) is 0 Å². The third-order valence-electron chi connectivity index (χ3n) is 3.86. The molecule has 5 heteroatoms. The van der Waals surface area contributed by atoms with Gasteiger partial charge in [0.1, 0.15) is 0 Å². The molecule has 5 nitrogen and oxygen atoms in total. The van der Waals surface area contributed by atoms with E-state index in [1.165, 1.54) is 0 Å². The quantitative estimate of drug-likeness (QED) is 0.725. The lowest BCUT2D eigenvalue weighted by atomic mass is 10.1. The van der Waals surface area contributed by atoms with Crippen molar-refractivity contribution in [1.82, 2.24) is 10.6 Å². The van der Waals surface area contributed by atoms with E-state index >= 15 is 0 Å². The molecule has 25 heavy (non-hydrogen) atoms. The second-order valence-corrected chi connectivity index (χ2v) is 6.03. The van der Waals surface area contributed by atoms with Gasteiger partial charge in [-0.25, -0.2) is 0 Å². The first-order valence-electron chi connectivity index (χ1n) is 8.42. The van der Waals surface area contributed by atoms with Gasteiger partial charge in [0, 0.05) is 44.9 Å². The standard InChI is InChI=1S/C20H25N3O2/c1-23(2)18-11-9-17(10-12-18)20(25)22-15-14-21-19(24)13-8-16-6-4-3-5-7-16/h3-7,9-12H,8,13-15H2,1-2H3,(H,21,24)(H,22,25). The molecule has 2 aromatic rings. The molecule has 2 amide bonds. The van der Waals surface area contributed by atoms with E-state index in [9.17, 15) is 9.59 Å². The zero-order chi connectivity index (χ0) is 18.1. The second kappa shape index (κ2) is 9.47. The third kappa shape index (κ3) is 6.30. The fraction of sp³-hybridized carbons (Fsp3) is 0.300. The maximum Gasteiger partial charge on any atom is 0.251 e. The molecule has 2 rings (SSSR count). The Kier molecular flexibility index (Phi) is 7.01. The van der Waals surface area contributed by atoms with E-state index in [4.69, 9.17) is 0 Å². The summed E-state index contributed by atoms with van der Waals surface area (Å²) in [7, 11) is 3.91. The van der Waals surface area contributed by atoms with Gasteiger partial charge in [0.15, 0.2) is 0 Å². The minimum atomic E-state index is -0.135. The average Bonchev–Trinajstić information content (AvgIpc) is 2.64. The topological polar surface area (TPSA) is 61.4 Å². The van der Waals surface area contributed by atoms with Gasteiger partial charge in [0.05, 0.1) is 0 Å². The van der Waals surface area contributed by atoms with Crippen LogP contribution < -0.4 is 15.5 Å². The van der Waals surface area contributed by atoms with Gasteiger partial charge in [-0.1, -0.05) is 30.3 Å². The first kappa shape index (κ1) is 18.5. The van der Waals surface area contributed by atoms with E-state index in [1.54, 1.807) is 12.1 Å². The van der Waals surface area contributed by atoms with Crippen LogP contribution in [0.1, 0.15) is 22.3 Å². The molecule has 0 aromatic heterocycles. The molecule has 2 N–H and O–H groups in total. The molecule has 0 heterocycles. The van der Waals surface area contributed by atoms with Gasteiger partial charge in [-0.15, -0.1) is 0 Å². The van der Waals surface area contributed by atoms with Crippen molar-refractivity contribution in [3.63, 3.8) is 0 Å². The summed E-state index contributed by atoms with van der Waals surface area (Å²) in [6, 6.07) is 17.3. The van der Waals surface area contributed by atoms with Crippen molar-refractivity contribution in [2.75, 3.05) is 32.1 Å². The van der Waals surface area contributed by atoms with Crippen molar-refractivity contribution in [1.29, 1.82) is 0 Å². The smallest absolute Gasteiger partial charge is 0.251 e. The molecule has 0 saturated heterocycles. The number of hydrogen-bond acceptors (Lipinski definition) is 3. The predicted octanol–water partition coefficient (Wildman–Crippen LogP) is 2.23. The Hall–Kier alpha value is -2.82. The lowest BCUT2D eigenvalue weighted by Gasteiger charge is -2.12. The number of carbonyl (C=O) groups is 2. The molecule has 0 radical (unpaired) electrons. The number of nitrogens with zero attached hydrogens (tertiary/aromatic N) is 1. The zero-order valence-electron chi connectivity index (χ0n) is 14.8. The van der Waals surface area contributed by atoms with Crippen LogP contribution in [-0.4, -0.2) is 39.0 Å². The van der Waals surface area contributed by atoms with Crippen LogP contribution >= 0.6 is 0 Å². The number of aryl methyl sites for hydroxylation is 1. The number of hydrogen-bond donors (Lipinski definition) is 2. The molecule has 0 aliphatic heterocycles. The Bertz CT molecular complexity index is 682. The van der Waals surface area contributed by atoms with Crippen molar-refractivity contribution in [2.24, 2.45) is 0 Å². The van der Waals surface area contributed by atoms with E-state index in [0.29, 0.717) is 25.1 Å². The molecule has 0 bridgehead atoms. The maximum absolute atomic E-state index is 12.0. The summed E-state index contributed by atoms with van der Waals surface area (Å²) >= 11 is 0. The van der Waals surface area contributed by atoms with Gasteiger partial charge >= 0.3 is 0 Å². The monoisotopic (exact) mass is 339 g/mol. The molecule has 0 saturated carbocycles. The minimum Gasteiger partial charge on any atom is -0.378 e. The molecule has 0 atom stereocenters. The van der Waals surface area contributed by atoms with Crippen molar-refractivity contribution < 1.29 is 9.59 Å². The number of benzene rings is 2. The van der Waals surface area contributed by atoms with E-state index in [-0.39, 0.29) is 11.8 Å². The van der Waals surface area contributed by atoms with Crippen LogP contribution in [0.5, 0.6) is 0 Å². The minimum absolute atomic E-state index is 0.00608. The molecule has 0 fully saturated rings. The SMILES string of the molecule is CN(C)c1ccc(C(=O)NCCNC(=O)CCc2ccccc2)cc1. The van der Waals surface area contributed by atoms with Crippen molar-refractivity contribution in [3.8, 4) is 0 Å². The normalized spacial score (nSPS) is 10.2. The zero-order valence-corrected chi connectivity index (χ0v) is 14.8. The van der Waals surface area contributed by atoms with Gasteiger partial charge in [0.25, 0.3) is 5.91 Å². The van der Waals surface area contributed by atoms with Gasteiger partial charge in [0.2, 0.25) is 5.91 Å². The predicted molar refractivity (Wildman–Crippen MR) is 101 cm³/mol. The van der Waals surface area contributed by atoms with Crippen LogP contribution in [0, 0.1) is 0 Å². The third-order valence-corrected chi connectivity index (χ3v) is 3.86. The highest BCUT2D eigenvalue weighted by Crippen LogP contribution is 2.11. The second-order valence-electron chi connectivity index (χ2n) is 6.03. The highest BCUT2D eigenvalue weighted by molar-refractivity contribution is 5.94. The number of nitrogens with one attached hydrogen (secondary N) is 2. The summed E-state index contributed by atoms with van der Waals surface area (Å²) in [6.45, 7) is 0.834. The summed E-state index contributed by atoms with van der Waals surface area (Å²) in [4.78, 5) is 25.8. The van der Waals surface area contributed by atoms with E-state index in [0.717, 1.165) is 17.7 Å². The summed E-state index contributed by atoms with van der Waals surface area (Å²) in [6.07, 6.45) is 1.17. The fourth-order valence-corrected chi connectivity index (χ4v) is 2.38. The Morgan fingerprint density at radius 2 is 1.52 bits per heavy atom. The molecular weight excluding hydrogens is 314 g/mol. The fourth-order valence-electron chi connectivity index (χ4n) is 2.38. The molecular formula is C20H25N3O2. The van der Waals surface area contributed by atoms with Gasteiger partial charge < -0.3 is 15.5 Å². The van der Waals surface area contributed by atoms with E-state index < -0.39 is 0 Å². The molecule has 0 spiro atoms. The number of rotatable bonds is 8. The lowest BCUT2D eigenvalue weighted by molar-refractivity contribution is -0.121. The number of amides is 2. The van der Waals surface area contributed by atoms with Crippen molar-refractivity contribution in [2.45, 2.75) is 12.8 Å². The first-order chi connectivity index (χ1) is 12.1. The van der Waals surface area contributed by atoms with Crippen molar-refractivity contribution >= 4 is 17.5 Å². The van der Waals surface area contributed by atoms with Crippen LogP contribution in [0.25, 0.3) is 0 Å². The van der Waals surface area contributed by atoms with Crippen LogP contribution in [0.2, 0.25) is 0 Å². The van der Waals surface area contributed by atoms with Gasteiger partial charge in [-0.2, -0.15) is 0 Å². The summed E-state index contributed by atoms with van der Waals surface area (Å²) < 4.78 is 0. The molecule has 0 aliphatic carbocycles. The van der Waals surface area contributed by atoms with Gasteiger partial charge in [-0.05, 0) is 36.2 Å². The first-order valence-corrected chi connectivity index (χ1v) is 8.42. The Morgan fingerprint density at radius 3 is 2.16 bits per heavy atom. The van der Waals surface area contributed by atoms with Crippen LogP contribution in [-0.2, 0) is 11.2 Å². The molecule has 0 unspecified atom stereocenters. The highest BCUT2D eigenvalue weighted by atomic mass is 16.2. The molecule has 132 valence electrons. The summed E-state index contributed by atoms with van der Waals surface area (Å²) in [5.41, 5.74) is 2.80. The Balaban J connectivity index is 1.64. The number of carbonyl (C=O) groups excluding carboxylic acids is 2. The maximum atomic E-state index is 12.0.